The third kappa shape index (κ3) is 5.77. The van der Waals surface area contributed by atoms with Gasteiger partial charge in [0.25, 0.3) is 0 Å². The van der Waals surface area contributed by atoms with Crippen LogP contribution in [-0.2, 0) is 11.3 Å². The summed E-state index contributed by atoms with van der Waals surface area (Å²) in [5.74, 6) is -0.0470. The van der Waals surface area contributed by atoms with E-state index in [1.165, 1.54) is 4.90 Å². The fourth-order valence-corrected chi connectivity index (χ4v) is 4.80. The van der Waals surface area contributed by atoms with Gasteiger partial charge in [-0.2, -0.15) is 0 Å². The number of anilines is 1. The summed E-state index contributed by atoms with van der Waals surface area (Å²) in [6.45, 7) is 12.0. The van der Waals surface area contributed by atoms with Crippen molar-refractivity contribution in [1.82, 2.24) is 10.2 Å². The SMILES string of the molecule is CC(=O)N1c2ccc(-c3ccc(CNCC(C)(C)O)cc3)cc2[C@H](N(C(=O)O)C(C)C)C[C@@H]1C. The quantitative estimate of drug-likeness (QED) is 0.544. The van der Waals surface area contributed by atoms with Crippen molar-refractivity contribution in [2.75, 3.05) is 11.4 Å². The van der Waals surface area contributed by atoms with Gasteiger partial charge < -0.3 is 20.4 Å². The molecule has 0 aromatic heterocycles. The summed E-state index contributed by atoms with van der Waals surface area (Å²) in [6.07, 6.45) is -0.408. The van der Waals surface area contributed by atoms with Crippen molar-refractivity contribution in [3.05, 3.63) is 53.6 Å². The Bertz CT molecular complexity index is 1030. The highest BCUT2D eigenvalue weighted by atomic mass is 16.4. The Morgan fingerprint density at radius 1 is 1.15 bits per heavy atom. The van der Waals surface area contributed by atoms with Gasteiger partial charge in [0.05, 0.1) is 11.6 Å². The van der Waals surface area contributed by atoms with Crippen molar-refractivity contribution in [3.8, 4) is 11.1 Å². The zero-order valence-corrected chi connectivity index (χ0v) is 21.0. The number of nitrogens with zero attached hydrogens (tertiary/aromatic N) is 2. The molecule has 7 heteroatoms. The van der Waals surface area contributed by atoms with E-state index in [1.807, 2.05) is 63.2 Å². The van der Waals surface area contributed by atoms with Gasteiger partial charge >= 0.3 is 6.09 Å². The van der Waals surface area contributed by atoms with Gasteiger partial charge in [-0.05, 0) is 75.4 Å². The summed E-state index contributed by atoms with van der Waals surface area (Å²) < 4.78 is 0. The molecule has 7 nitrogen and oxygen atoms in total. The molecule has 0 saturated carbocycles. The molecule has 184 valence electrons. The lowest BCUT2D eigenvalue weighted by atomic mass is 9.87. The number of carboxylic acid groups (broad SMARTS) is 1. The number of amides is 2. The summed E-state index contributed by atoms with van der Waals surface area (Å²) in [4.78, 5) is 27.8. The van der Waals surface area contributed by atoms with Crippen LogP contribution in [-0.4, -0.2) is 51.3 Å². The molecule has 0 bridgehead atoms. The summed E-state index contributed by atoms with van der Waals surface area (Å²) >= 11 is 0. The second-order valence-electron chi connectivity index (χ2n) is 10.2. The second-order valence-corrected chi connectivity index (χ2v) is 10.2. The molecule has 0 radical (unpaired) electrons. The van der Waals surface area contributed by atoms with Gasteiger partial charge in [-0.15, -0.1) is 0 Å². The van der Waals surface area contributed by atoms with Crippen LogP contribution in [0.25, 0.3) is 11.1 Å². The molecule has 1 aliphatic heterocycles. The number of hydrogen-bond acceptors (Lipinski definition) is 4. The predicted octanol–water partition coefficient (Wildman–Crippen LogP) is 4.79. The first-order valence-electron chi connectivity index (χ1n) is 11.9. The normalized spacial score (nSPS) is 18.1. The molecule has 0 aliphatic carbocycles. The minimum atomic E-state index is -0.956. The minimum absolute atomic E-state index is 0.0470. The number of carbonyl (C=O) groups excluding carboxylic acids is 1. The second kappa shape index (κ2) is 10.2. The van der Waals surface area contributed by atoms with Gasteiger partial charge in [0.15, 0.2) is 0 Å². The van der Waals surface area contributed by atoms with Crippen molar-refractivity contribution < 1.29 is 19.8 Å². The third-order valence-corrected chi connectivity index (χ3v) is 6.28. The van der Waals surface area contributed by atoms with Crippen molar-refractivity contribution in [3.63, 3.8) is 0 Å². The predicted molar refractivity (Wildman–Crippen MR) is 135 cm³/mol. The Kier molecular flexibility index (Phi) is 7.68. The Balaban J connectivity index is 1.96. The van der Waals surface area contributed by atoms with Crippen LogP contribution < -0.4 is 10.2 Å². The fourth-order valence-electron chi connectivity index (χ4n) is 4.80. The van der Waals surface area contributed by atoms with E-state index in [1.54, 1.807) is 25.7 Å². The molecule has 0 saturated heterocycles. The fraction of sp³-hybridized carbons (Fsp3) is 0.481. The zero-order chi connectivity index (χ0) is 25.2. The van der Waals surface area contributed by atoms with Crippen LogP contribution in [0.3, 0.4) is 0 Å². The maximum atomic E-state index is 12.4. The molecular weight excluding hydrogens is 430 g/mol. The molecule has 34 heavy (non-hydrogen) atoms. The Morgan fingerprint density at radius 3 is 2.29 bits per heavy atom. The first-order chi connectivity index (χ1) is 15.9. The number of nitrogens with one attached hydrogen (secondary N) is 1. The van der Waals surface area contributed by atoms with Gasteiger partial charge in [0.2, 0.25) is 5.91 Å². The molecule has 3 rings (SSSR count). The molecule has 2 aromatic carbocycles. The van der Waals surface area contributed by atoms with Crippen LogP contribution in [0.1, 0.15) is 65.1 Å². The number of benzene rings is 2. The summed E-state index contributed by atoms with van der Waals surface area (Å²) in [7, 11) is 0. The Morgan fingerprint density at radius 2 is 1.76 bits per heavy atom. The average molecular weight is 468 g/mol. The van der Waals surface area contributed by atoms with E-state index in [2.05, 4.69) is 5.32 Å². The first-order valence-corrected chi connectivity index (χ1v) is 11.9. The maximum absolute atomic E-state index is 12.4. The lowest BCUT2D eigenvalue weighted by Crippen LogP contribution is -2.48. The van der Waals surface area contributed by atoms with E-state index in [4.69, 9.17) is 0 Å². The van der Waals surface area contributed by atoms with Crippen molar-refractivity contribution in [1.29, 1.82) is 0 Å². The number of rotatable bonds is 7. The van der Waals surface area contributed by atoms with Crippen LogP contribution in [0.5, 0.6) is 0 Å². The maximum Gasteiger partial charge on any atom is 0.408 e. The van der Waals surface area contributed by atoms with E-state index in [9.17, 15) is 19.8 Å². The first kappa shape index (κ1) is 25.7. The smallest absolute Gasteiger partial charge is 0.408 e. The average Bonchev–Trinajstić information content (AvgIpc) is 2.72. The summed E-state index contributed by atoms with van der Waals surface area (Å²) in [6, 6.07) is 13.5. The number of fused-ring (bicyclic) bond motifs is 1. The van der Waals surface area contributed by atoms with Crippen LogP contribution in [0.4, 0.5) is 10.5 Å². The van der Waals surface area contributed by atoms with E-state index in [0.29, 0.717) is 19.5 Å². The van der Waals surface area contributed by atoms with Crippen molar-refractivity contribution in [2.45, 2.75) is 78.2 Å². The van der Waals surface area contributed by atoms with Gasteiger partial charge in [-0.1, -0.05) is 30.3 Å². The lowest BCUT2D eigenvalue weighted by Gasteiger charge is -2.43. The number of carbonyl (C=O) groups is 2. The van der Waals surface area contributed by atoms with Gasteiger partial charge in [0.1, 0.15) is 0 Å². The van der Waals surface area contributed by atoms with E-state index in [-0.39, 0.29) is 24.0 Å². The van der Waals surface area contributed by atoms with Crippen LogP contribution >= 0.6 is 0 Å². The van der Waals surface area contributed by atoms with E-state index < -0.39 is 11.7 Å². The molecule has 3 N–H and O–H groups in total. The molecule has 1 heterocycles. The van der Waals surface area contributed by atoms with Gasteiger partial charge in [-0.25, -0.2) is 4.79 Å². The van der Waals surface area contributed by atoms with Crippen molar-refractivity contribution in [2.24, 2.45) is 0 Å². The monoisotopic (exact) mass is 467 g/mol. The summed E-state index contributed by atoms with van der Waals surface area (Å²) in [5.41, 5.74) is 3.98. The molecular formula is C27H37N3O4. The molecule has 1 aliphatic rings. The Hall–Kier alpha value is -2.90. The highest BCUT2D eigenvalue weighted by molar-refractivity contribution is 5.94. The third-order valence-electron chi connectivity index (χ3n) is 6.28. The highest BCUT2D eigenvalue weighted by Crippen LogP contribution is 2.43. The summed E-state index contributed by atoms with van der Waals surface area (Å²) in [5, 5.41) is 23.1. The molecule has 2 aromatic rings. The number of hydrogen-bond donors (Lipinski definition) is 3. The Labute approximate surface area is 202 Å². The topological polar surface area (TPSA) is 93.1 Å². The van der Waals surface area contributed by atoms with Crippen molar-refractivity contribution >= 4 is 17.7 Å². The van der Waals surface area contributed by atoms with Gasteiger partial charge in [0, 0.05) is 37.8 Å². The minimum Gasteiger partial charge on any atom is -0.465 e. The van der Waals surface area contributed by atoms with E-state index in [0.717, 1.165) is 27.9 Å². The zero-order valence-electron chi connectivity index (χ0n) is 21.0. The van der Waals surface area contributed by atoms with Gasteiger partial charge in [-0.3, -0.25) is 9.69 Å². The van der Waals surface area contributed by atoms with Crippen LogP contribution in [0, 0.1) is 0 Å². The standard InChI is InChI=1S/C27H37N3O4/c1-17(2)29(26(32)33)25-13-18(3)30(19(4)31)24-12-11-22(14-23(24)25)21-9-7-20(8-10-21)15-28-16-27(5,6)34/h7-12,14,17-18,25,28,34H,13,15-16H2,1-6H3,(H,32,33)/t18-,25+/m0/s1. The number of aliphatic hydroxyl groups is 1. The molecule has 0 fully saturated rings. The van der Waals surface area contributed by atoms with Crippen LogP contribution in [0.2, 0.25) is 0 Å². The highest BCUT2D eigenvalue weighted by Gasteiger charge is 2.38. The molecule has 0 unspecified atom stereocenters. The van der Waals surface area contributed by atoms with Crippen LogP contribution in [0.15, 0.2) is 42.5 Å². The van der Waals surface area contributed by atoms with E-state index >= 15 is 0 Å². The lowest BCUT2D eigenvalue weighted by molar-refractivity contribution is -0.117. The largest absolute Gasteiger partial charge is 0.465 e. The molecule has 0 spiro atoms. The molecule has 2 atom stereocenters. The molecule has 2 amide bonds.